The summed E-state index contributed by atoms with van der Waals surface area (Å²) in [6.07, 6.45) is 13.0. The van der Waals surface area contributed by atoms with Crippen LogP contribution in [0.4, 0.5) is 0 Å². The minimum atomic E-state index is -0.125. The SMILES string of the molecule is CC1(CC2(C)CCCCC2)[CH]CC23OC2(C1)O3. The Kier molecular flexibility index (Phi) is 1.85. The van der Waals surface area contributed by atoms with Crippen molar-refractivity contribution >= 4 is 0 Å². The maximum atomic E-state index is 5.71. The lowest BCUT2D eigenvalue weighted by Gasteiger charge is -2.42. The molecule has 0 aromatic rings. The first-order valence-corrected chi connectivity index (χ1v) is 7.24. The predicted molar refractivity (Wildman–Crippen MR) is 65.1 cm³/mol. The quantitative estimate of drug-likeness (QED) is 0.680. The van der Waals surface area contributed by atoms with Crippen LogP contribution in [-0.2, 0) is 9.47 Å². The zero-order chi connectivity index (χ0) is 11.8. The van der Waals surface area contributed by atoms with Crippen LogP contribution >= 0.6 is 0 Å². The van der Waals surface area contributed by atoms with Crippen LogP contribution in [0.1, 0.15) is 65.2 Å². The van der Waals surface area contributed by atoms with Gasteiger partial charge in [0.05, 0.1) is 0 Å². The number of rotatable bonds is 2. The third-order valence-corrected chi connectivity index (χ3v) is 5.55. The van der Waals surface area contributed by atoms with Crippen LogP contribution in [0.5, 0.6) is 0 Å². The first-order valence-electron chi connectivity index (χ1n) is 7.24. The summed E-state index contributed by atoms with van der Waals surface area (Å²) in [5, 5.41) is 0. The molecular weight excluding hydrogens is 212 g/mol. The summed E-state index contributed by atoms with van der Waals surface area (Å²) >= 11 is 0. The van der Waals surface area contributed by atoms with Gasteiger partial charge in [-0.15, -0.1) is 0 Å². The van der Waals surface area contributed by atoms with Gasteiger partial charge in [-0.1, -0.05) is 33.1 Å². The molecule has 0 spiro atoms. The Morgan fingerprint density at radius 2 is 1.71 bits per heavy atom. The molecule has 2 aliphatic carbocycles. The van der Waals surface area contributed by atoms with Gasteiger partial charge in [-0.3, -0.25) is 0 Å². The molecule has 1 atom stereocenters. The number of hydrogen-bond donors (Lipinski definition) is 0. The molecule has 0 amide bonds. The highest BCUT2D eigenvalue weighted by Crippen LogP contribution is 2.77. The summed E-state index contributed by atoms with van der Waals surface area (Å²) < 4.78 is 11.4. The first-order chi connectivity index (χ1) is 7.99. The van der Waals surface area contributed by atoms with E-state index in [4.69, 9.17) is 9.47 Å². The fraction of sp³-hybridized carbons (Fsp3) is 0.933. The Labute approximate surface area is 104 Å². The zero-order valence-electron chi connectivity index (χ0n) is 11.1. The van der Waals surface area contributed by atoms with E-state index >= 15 is 0 Å². The van der Waals surface area contributed by atoms with E-state index in [2.05, 4.69) is 20.3 Å². The second-order valence-electron chi connectivity index (χ2n) is 7.50. The molecule has 4 aliphatic rings. The van der Waals surface area contributed by atoms with Crippen molar-refractivity contribution in [3.05, 3.63) is 6.42 Å². The maximum absolute atomic E-state index is 5.71. The second-order valence-corrected chi connectivity index (χ2v) is 7.50. The lowest BCUT2D eigenvalue weighted by Crippen LogP contribution is -2.33. The molecule has 4 fully saturated rings. The minimum Gasteiger partial charge on any atom is -0.307 e. The lowest BCUT2D eigenvalue weighted by molar-refractivity contribution is -0.0971. The average molecular weight is 235 g/mol. The molecule has 2 heteroatoms. The molecule has 0 aromatic heterocycles. The normalized spacial score (nSPS) is 54.7. The highest BCUT2D eigenvalue weighted by molar-refractivity contribution is 5.26. The standard InChI is InChI=1S/C15H23O2/c1-12(6-4-3-5-7-12)10-13(2)8-9-14-15(11-13,16-14)17-14/h8H,3-7,9-11H2,1-2H3. The Morgan fingerprint density at radius 1 is 1.00 bits per heavy atom. The van der Waals surface area contributed by atoms with E-state index in [-0.39, 0.29) is 11.6 Å². The van der Waals surface area contributed by atoms with Gasteiger partial charge in [0.25, 0.3) is 0 Å². The third-order valence-electron chi connectivity index (χ3n) is 5.55. The monoisotopic (exact) mass is 235 g/mol. The number of hydrogen-bond acceptors (Lipinski definition) is 2. The molecule has 0 bridgehead atoms. The summed E-state index contributed by atoms with van der Waals surface area (Å²) in [4.78, 5) is 0. The van der Waals surface area contributed by atoms with Crippen molar-refractivity contribution in [2.75, 3.05) is 0 Å². The molecule has 17 heavy (non-hydrogen) atoms. The maximum Gasteiger partial charge on any atom is 0.229 e. The van der Waals surface area contributed by atoms with E-state index in [0.29, 0.717) is 10.8 Å². The van der Waals surface area contributed by atoms with E-state index in [1.165, 1.54) is 38.5 Å². The molecule has 2 aliphatic heterocycles. The van der Waals surface area contributed by atoms with Crippen LogP contribution in [0.2, 0.25) is 0 Å². The molecule has 95 valence electrons. The Morgan fingerprint density at radius 3 is 2.35 bits per heavy atom. The van der Waals surface area contributed by atoms with Crippen LogP contribution in [0, 0.1) is 17.3 Å². The summed E-state index contributed by atoms with van der Waals surface area (Å²) in [6, 6.07) is 0. The van der Waals surface area contributed by atoms with Crippen LogP contribution in [0.15, 0.2) is 0 Å². The minimum absolute atomic E-state index is 0.123. The molecule has 2 heterocycles. The molecule has 2 saturated heterocycles. The molecule has 2 nitrogen and oxygen atoms in total. The van der Waals surface area contributed by atoms with Crippen LogP contribution in [-0.4, -0.2) is 11.6 Å². The summed E-state index contributed by atoms with van der Waals surface area (Å²) in [5.41, 5.74) is 0.895. The van der Waals surface area contributed by atoms with Gasteiger partial charge in [-0.2, -0.15) is 0 Å². The van der Waals surface area contributed by atoms with Crippen LogP contribution in [0.25, 0.3) is 0 Å². The molecule has 2 saturated carbocycles. The average Bonchev–Trinajstić information content (AvgIpc) is 3.02. The second kappa shape index (κ2) is 2.91. The van der Waals surface area contributed by atoms with Crippen molar-refractivity contribution in [1.29, 1.82) is 0 Å². The molecular formula is C15H23O2. The topological polar surface area (TPSA) is 25.1 Å². The van der Waals surface area contributed by atoms with Gasteiger partial charge in [-0.25, -0.2) is 0 Å². The summed E-state index contributed by atoms with van der Waals surface area (Å²) in [7, 11) is 0. The molecule has 0 N–H and O–H groups in total. The van der Waals surface area contributed by atoms with E-state index in [0.717, 1.165) is 12.8 Å². The zero-order valence-corrected chi connectivity index (χ0v) is 11.1. The largest absolute Gasteiger partial charge is 0.307 e. The van der Waals surface area contributed by atoms with Gasteiger partial charge in [-0.05, 0) is 36.5 Å². The number of ether oxygens (including phenoxy) is 2. The molecule has 1 radical (unpaired) electrons. The summed E-state index contributed by atoms with van der Waals surface area (Å²) in [6.45, 7) is 4.90. The van der Waals surface area contributed by atoms with E-state index in [1.807, 2.05) is 0 Å². The van der Waals surface area contributed by atoms with Crippen molar-refractivity contribution in [3.63, 3.8) is 0 Å². The predicted octanol–water partition coefficient (Wildman–Crippen LogP) is 3.80. The first kappa shape index (κ1) is 10.8. The van der Waals surface area contributed by atoms with Crippen molar-refractivity contribution < 1.29 is 9.47 Å². The Hall–Kier alpha value is -0.0800. The summed E-state index contributed by atoms with van der Waals surface area (Å²) in [5.74, 6) is -0.249. The Bertz CT molecular complexity index is 350. The van der Waals surface area contributed by atoms with Gasteiger partial charge < -0.3 is 9.47 Å². The van der Waals surface area contributed by atoms with Crippen molar-refractivity contribution in [1.82, 2.24) is 0 Å². The van der Waals surface area contributed by atoms with Crippen molar-refractivity contribution in [2.24, 2.45) is 10.8 Å². The van der Waals surface area contributed by atoms with Gasteiger partial charge in [0, 0.05) is 12.8 Å². The van der Waals surface area contributed by atoms with E-state index in [1.54, 1.807) is 0 Å². The third kappa shape index (κ3) is 1.46. The van der Waals surface area contributed by atoms with Crippen molar-refractivity contribution in [2.45, 2.75) is 76.8 Å². The van der Waals surface area contributed by atoms with Gasteiger partial charge in [0.1, 0.15) is 0 Å². The fourth-order valence-corrected chi connectivity index (χ4v) is 4.61. The highest BCUT2D eigenvalue weighted by atomic mass is 17.0. The fourth-order valence-electron chi connectivity index (χ4n) is 4.61. The van der Waals surface area contributed by atoms with Crippen LogP contribution < -0.4 is 0 Å². The van der Waals surface area contributed by atoms with Crippen LogP contribution in [0.3, 0.4) is 0 Å². The van der Waals surface area contributed by atoms with Gasteiger partial charge in [0.2, 0.25) is 11.6 Å². The van der Waals surface area contributed by atoms with Gasteiger partial charge in [0.15, 0.2) is 0 Å². The molecule has 0 aromatic carbocycles. The lowest BCUT2D eigenvalue weighted by atomic mass is 9.62. The van der Waals surface area contributed by atoms with Crippen molar-refractivity contribution in [3.8, 4) is 0 Å². The molecule has 4 rings (SSSR count). The Balaban J connectivity index is 1.47. The number of epoxide rings is 2. The highest BCUT2D eigenvalue weighted by Gasteiger charge is 2.92. The molecule has 1 unspecified atom stereocenters. The smallest absolute Gasteiger partial charge is 0.229 e. The van der Waals surface area contributed by atoms with Gasteiger partial charge >= 0.3 is 0 Å². The van der Waals surface area contributed by atoms with E-state index in [9.17, 15) is 0 Å². The van der Waals surface area contributed by atoms with E-state index < -0.39 is 0 Å².